The van der Waals surface area contributed by atoms with Crippen LogP contribution in [0.25, 0.3) is 0 Å². The molecule has 0 spiro atoms. The van der Waals surface area contributed by atoms with E-state index in [0.29, 0.717) is 10.4 Å². The third-order valence-electron chi connectivity index (χ3n) is 3.76. The minimum Gasteiger partial charge on any atom is -0.322 e. The van der Waals surface area contributed by atoms with E-state index in [1.165, 1.54) is 12.1 Å². The lowest BCUT2D eigenvalue weighted by Gasteiger charge is -2.15. The van der Waals surface area contributed by atoms with Gasteiger partial charge in [-0.25, -0.2) is 0 Å². The molecule has 2 aromatic rings. The number of halogens is 1. The third kappa shape index (κ3) is 3.96. The summed E-state index contributed by atoms with van der Waals surface area (Å²) in [5.74, 6) is -0.0536. The number of carbonyl (C=O) groups is 1. The Balaban J connectivity index is 2.30. The number of benzene rings is 2. The Kier molecular flexibility index (Phi) is 5.50. The number of para-hydroxylation sites is 1. The first kappa shape index (κ1) is 17.1. The molecule has 2 rings (SSSR count). The van der Waals surface area contributed by atoms with Gasteiger partial charge >= 0.3 is 0 Å². The van der Waals surface area contributed by atoms with E-state index >= 15 is 0 Å². The van der Waals surface area contributed by atoms with Crippen molar-refractivity contribution in [3.63, 3.8) is 0 Å². The minimum atomic E-state index is -0.520. The van der Waals surface area contributed by atoms with Crippen LogP contribution in [-0.2, 0) is 0 Å². The van der Waals surface area contributed by atoms with Gasteiger partial charge in [0.2, 0.25) is 0 Å². The first-order valence-corrected chi connectivity index (χ1v) is 8.07. The SMILES string of the molecule is CC[C@H](C)c1ccccc1NC(=O)c1ccc(Br)c([N+](=O)[O-])c1. The van der Waals surface area contributed by atoms with Crippen LogP contribution in [0.2, 0.25) is 0 Å². The quantitative estimate of drug-likeness (QED) is 0.580. The number of rotatable bonds is 5. The van der Waals surface area contributed by atoms with Gasteiger partial charge in [0, 0.05) is 17.3 Å². The Hall–Kier alpha value is -2.21. The van der Waals surface area contributed by atoms with Crippen molar-refractivity contribution in [2.45, 2.75) is 26.2 Å². The Morgan fingerprint density at radius 2 is 2.00 bits per heavy atom. The zero-order chi connectivity index (χ0) is 17.0. The van der Waals surface area contributed by atoms with E-state index in [1.807, 2.05) is 24.3 Å². The highest BCUT2D eigenvalue weighted by atomic mass is 79.9. The van der Waals surface area contributed by atoms with Gasteiger partial charge in [0.05, 0.1) is 9.40 Å². The standard InChI is InChI=1S/C17H17BrN2O3/c1-3-11(2)13-6-4-5-7-15(13)19-17(21)12-8-9-14(18)16(10-12)20(22)23/h4-11H,3H2,1-2H3,(H,19,21)/t11-/m0/s1. The van der Waals surface area contributed by atoms with Gasteiger partial charge in [-0.05, 0) is 52.0 Å². The Labute approximate surface area is 143 Å². The molecule has 23 heavy (non-hydrogen) atoms. The average molecular weight is 377 g/mol. The van der Waals surface area contributed by atoms with Crippen LogP contribution in [0.3, 0.4) is 0 Å². The van der Waals surface area contributed by atoms with Crippen molar-refractivity contribution in [2.24, 2.45) is 0 Å². The van der Waals surface area contributed by atoms with Crippen LogP contribution in [-0.4, -0.2) is 10.8 Å². The topological polar surface area (TPSA) is 72.2 Å². The Morgan fingerprint density at radius 1 is 1.30 bits per heavy atom. The molecule has 1 N–H and O–H groups in total. The van der Waals surface area contributed by atoms with E-state index in [4.69, 9.17) is 0 Å². The summed E-state index contributed by atoms with van der Waals surface area (Å²) in [6.07, 6.45) is 0.955. The fraction of sp³-hybridized carbons (Fsp3) is 0.235. The first-order valence-electron chi connectivity index (χ1n) is 7.28. The van der Waals surface area contributed by atoms with Crippen LogP contribution >= 0.6 is 15.9 Å². The van der Waals surface area contributed by atoms with Crippen molar-refractivity contribution in [3.8, 4) is 0 Å². The zero-order valence-corrected chi connectivity index (χ0v) is 14.5. The monoisotopic (exact) mass is 376 g/mol. The van der Waals surface area contributed by atoms with Gasteiger partial charge in [0.15, 0.2) is 0 Å². The number of nitro groups is 1. The molecule has 0 aliphatic carbocycles. The number of nitrogens with one attached hydrogen (secondary N) is 1. The number of nitro benzene ring substituents is 1. The van der Waals surface area contributed by atoms with Crippen LogP contribution in [0.15, 0.2) is 46.9 Å². The van der Waals surface area contributed by atoms with Crippen LogP contribution in [0.4, 0.5) is 11.4 Å². The molecule has 2 aromatic carbocycles. The summed E-state index contributed by atoms with van der Waals surface area (Å²) in [5.41, 5.74) is 1.90. The number of hydrogen-bond donors (Lipinski definition) is 1. The largest absolute Gasteiger partial charge is 0.322 e. The van der Waals surface area contributed by atoms with Crippen LogP contribution < -0.4 is 5.32 Å². The molecule has 6 heteroatoms. The third-order valence-corrected chi connectivity index (χ3v) is 4.43. The summed E-state index contributed by atoms with van der Waals surface area (Å²) < 4.78 is 0.346. The molecule has 0 unspecified atom stereocenters. The second-order valence-electron chi connectivity index (χ2n) is 5.27. The highest BCUT2D eigenvalue weighted by Crippen LogP contribution is 2.28. The summed E-state index contributed by atoms with van der Waals surface area (Å²) in [4.78, 5) is 22.9. The smallest absolute Gasteiger partial charge is 0.284 e. The summed E-state index contributed by atoms with van der Waals surface area (Å²) in [6, 6.07) is 11.9. The van der Waals surface area contributed by atoms with E-state index in [0.717, 1.165) is 17.7 Å². The van der Waals surface area contributed by atoms with Crippen molar-refractivity contribution in [2.75, 3.05) is 5.32 Å². The minimum absolute atomic E-state index is 0.132. The van der Waals surface area contributed by atoms with Crippen molar-refractivity contribution in [1.29, 1.82) is 0 Å². The molecular weight excluding hydrogens is 360 g/mol. The lowest BCUT2D eigenvalue weighted by Crippen LogP contribution is -2.14. The predicted molar refractivity (Wildman–Crippen MR) is 93.9 cm³/mol. The number of hydrogen-bond acceptors (Lipinski definition) is 3. The maximum Gasteiger partial charge on any atom is 0.284 e. The molecule has 0 radical (unpaired) electrons. The van der Waals surface area contributed by atoms with Gasteiger partial charge in [0.1, 0.15) is 0 Å². The first-order chi connectivity index (χ1) is 10.9. The number of amides is 1. The molecule has 1 atom stereocenters. The summed E-state index contributed by atoms with van der Waals surface area (Å²) in [7, 11) is 0. The maximum atomic E-state index is 12.4. The second kappa shape index (κ2) is 7.37. The predicted octanol–water partition coefficient (Wildman–Crippen LogP) is 5.12. The Bertz CT molecular complexity index is 746. The van der Waals surface area contributed by atoms with E-state index in [9.17, 15) is 14.9 Å². The molecule has 1 amide bonds. The highest BCUT2D eigenvalue weighted by molar-refractivity contribution is 9.10. The molecule has 0 aliphatic rings. The molecule has 0 aliphatic heterocycles. The molecule has 0 bridgehead atoms. The highest BCUT2D eigenvalue weighted by Gasteiger charge is 2.17. The fourth-order valence-electron chi connectivity index (χ4n) is 2.25. The van der Waals surface area contributed by atoms with Crippen molar-refractivity contribution >= 4 is 33.2 Å². The molecule has 0 fully saturated rings. The summed E-state index contributed by atoms with van der Waals surface area (Å²) in [6.45, 7) is 4.18. The van der Waals surface area contributed by atoms with Crippen LogP contribution in [0.5, 0.6) is 0 Å². The molecule has 120 valence electrons. The van der Waals surface area contributed by atoms with Crippen molar-refractivity contribution in [1.82, 2.24) is 0 Å². The van der Waals surface area contributed by atoms with Gasteiger partial charge in [0.25, 0.3) is 11.6 Å². The number of carbonyl (C=O) groups excluding carboxylic acids is 1. The molecule has 0 heterocycles. The van der Waals surface area contributed by atoms with Gasteiger partial charge in [-0.1, -0.05) is 32.0 Å². The zero-order valence-electron chi connectivity index (χ0n) is 12.9. The van der Waals surface area contributed by atoms with Crippen molar-refractivity contribution in [3.05, 3.63) is 68.2 Å². The maximum absolute atomic E-state index is 12.4. The van der Waals surface area contributed by atoms with E-state index in [-0.39, 0.29) is 17.2 Å². The van der Waals surface area contributed by atoms with Gasteiger partial charge in [-0.3, -0.25) is 14.9 Å². The Morgan fingerprint density at radius 3 is 2.65 bits per heavy atom. The molecule has 0 saturated heterocycles. The summed E-state index contributed by atoms with van der Waals surface area (Å²) in [5, 5.41) is 13.8. The molecular formula is C17H17BrN2O3. The fourth-order valence-corrected chi connectivity index (χ4v) is 2.64. The van der Waals surface area contributed by atoms with Gasteiger partial charge < -0.3 is 5.32 Å². The molecule has 0 saturated carbocycles. The van der Waals surface area contributed by atoms with Crippen LogP contribution in [0.1, 0.15) is 42.1 Å². The second-order valence-corrected chi connectivity index (χ2v) is 6.13. The van der Waals surface area contributed by atoms with Crippen molar-refractivity contribution < 1.29 is 9.72 Å². The number of anilines is 1. The lowest BCUT2D eigenvalue weighted by molar-refractivity contribution is -0.385. The number of nitrogens with zero attached hydrogens (tertiary/aromatic N) is 1. The molecule has 0 aromatic heterocycles. The normalized spacial score (nSPS) is 11.8. The lowest BCUT2D eigenvalue weighted by atomic mass is 9.97. The summed E-state index contributed by atoms with van der Waals surface area (Å²) >= 11 is 3.11. The van der Waals surface area contributed by atoms with Crippen LogP contribution in [0, 0.1) is 10.1 Å². The van der Waals surface area contributed by atoms with E-state index in [1.54, 1.807) is 6.07 Å². The van der Waals surface area contributed by atoms with E-state index in [2.05, 4.69) is 35.1 Å². The average Bonchev–Trinajstić information content (AvgIpc) is 2.54. The van der Waals surface area contributed by atoms with E-state index < -0.39 is 4.92 Å². The van der Waals surface area contributed by atoms with Gasteiger partial charge in [-0.15, -0.1) is 0 Å². The van der Waals surface area contributed by atoms with Gasteiger partial charge in [-0.2, -0.15) is 0 Å². The molecule has 5 nitrogen and oxygen atoms in total.